The third kappa shape index (κ3) is 3.58. The van der Waals surface area contributed by atoms with Gasteiger partial charge in [0.1, 0.15) is 0 Å². The molecule has 0 fully saturated rings. The van der Waals surface area contributed by atoms with Crippen LogP contribution in [0, 0.1) is 0 Å². The van der Waals surface area contributed by atoms with Gasteiger partial charge in [-0.1, -0.05) is 11.6 Å². The number of anilines is 1. The van der Waals surface area contributed by atoms with Gasteiger partial charge < -0.3 is 21.7 Å². The fourth-order valence-electron chi connectivity index (χ4n) is 2.26. The van der Waals surface area contributed by atoms with Crippen molar-refractivity contribution in [1.29, 1.82) is 0 Å². The lowest BCUT2D eigenvalue weighted by Gasteiger charge is -2.18. The normalized spacial score (nSPS) is 15.9. The number of primary amides is 1. The molecule has 0 bridgehead atoms. The molecule has 1 aliphatic heterocycles. The van der Waals surface area contributed by atoms with Crippen LogP contribution in [0.2, 0.25) is 5.02 Å². The molecule has 0 spiro atoms. The Morgan fingerprint density at radius 1 is 1.32 bits per heavy atom. The number of carbonyl (C=O) groups excluding carboxylic acids is 1. The minimum absolute atomic E-state index is 0.249. The van der Waals surface area contributed by atoms with Gasteiger partial charge in [0.2, 0.25) is 0 Å². The summed E-state index contributed by atoms with van der Waals surface area (Å²) in [4.78, 5) is 18.1. The van der Waals surface area contributed by atoms with Gasteiger partial charge in [0, 0.05) is 43.5 Å². The fraction of sp³-hybridized carbons (Fsp3) is 0.333. The molecule has 0 saturated heterocycles. The van der Waals surface area contributed by atoms with E-state index in [1.165, 1.54) is 0 Å². The van der Waals surface area contributed by atoms with Crippen molar-refractivity contribution < 1.29 is 4.79 Å². The summed E-state index contributed by atoms with van der Waals surface area (Å²) in [5.74, 6) is -0.591. The molecule has 1 heterocycles. The van der Waals surface area contributed by atoms with Crippen LogP contribution in [-0.2, 0) is 4.79 Å². The van der Waals surface area contributed by atoms with Crippen LogP contribution in [0.1, 0.15) is 5.56 Å². The van der Waals surface area contributed by atoms with Crippen molar-refractivity contribution in [3.63, 3.8) is 0 Å². The van der Waals surface area contributed by atoms with E-state index in [1.54, 1.807) is 6.07 Å². The minimum atomic E-state index is -0.591. The SMILES string of the molecule is CN(C)c1cc(Cl)cc(C(N)=C(C(N)=O)C2=NCCNC2)c1. The second-order valence-electron chi connectivity index (χ2n) is 5.25. The Morgan fingerprint density at radius 2 is 2.05 bits per heavy atom. The summed E-state index contributed by atoms with van der Waals surface area (Å²) in [6, 6.07) is 5.40. The molecule has 2 rings (SSSR count). The molecule has 0 unspecified atom stereocenters. The van der Waals surface area contributed by atoms with E-state index in [0.29, 0.717) is 35.1 Å². The summed E-state index contributed by atoms with van der Waals surface area (Å²) >= 11 is 6.14. The number of benzene rings is 1. The van der Waals surface area contributed by atoms with Crippen molar-refractivity contribution in [1.82, 2.24) is 5.32 Å². The van der Waals surface area contributed by atoms with Crippen LogP contribution in [0.4, 0.5) is 5.69 Å². The molecule has 1 aliphatic rings. The summed E-state index contributed by atoms with van der Waals surface area (Å²) in [5, 5.41) is 3.69. The zero-order valence-electron chi connectivity index (χ0n) is 12.7. The molecule has 0 radical (unpaired) electrons. The van der Waals surface area contributed by atoms with E-state index in [-0.39, 0.29) is 5.57 Å². The Hall–Kier alpha value is -2.05. The van der Waals surface area contributed by atoms with E-state index in [4.69, 9.17) is 23.1 Å². The predicted octanol–water partition coefficient (Wildman–Crippen LogP) is 0.605. The van der Waals surface area contributed by atoms with Gasteiger partial charge in [-0.2, -0.15) is 0 Å². The quantitative estimate of drug-likeness (QED) is 0.708. The molecule has 0 saturated carbocycles. The maximum Gasteiger partial charge on any atom is 0.252 e. The Balaban J connectivity index is 2.56. The van der Waals surface area contributed by atoms with Gasteiger partial charge in [0.25, 0.3) is 5.91 Å². The number of rotatable bonds is 4. The molecule has 7 heteroatoms. The largest absolute Gasteiger partial charge is 0.398 e. The number of hydrogen-bond acceptors (Lipinski definition) is 5. The predicted molar refractivity (Wildman–Crippen MR) is 91.3 cm³/mol. The summed E-state index contributed by atoms with van der Waals surface area (Å²) in [7, 11) is 3.80. The number of nitrogens with two attached hydrogens (primary N) is 2. The van der Waals surface area contributed by atoms with Crippen LogP contribution in [-0.4, -0.2) is 45.3 Å². The minimum Gasteiger partial charge on any atom is -0.398 e. The first-order valence-electron chi connectivity index (χ1n) is 6.92. The first kappa shape index (κ1) is 16.3. The number of amides is 1. The van der Waals surface area contributed by atoms with Gasteiger partial charge in [-0.05, 0) is 18.2 Å². The lowest BCUT2D eigenvalue weighted by molar-refractivity contribution is -0.114. The molecule has 22 heavy (non-hydrogen) atoms. The monoisotopic (exact) mass is 321 g/mol. The van der Waals surface area contributed by atoms with Crippen molar-refractivity contribution in [2.45, 2.75) is 0 Å². The maximum atomic E-state index is 11.8. The Bertz CT molecular complexity index is 651. The average Bonchev–Trinajstić information content (AvgIpc) is 2.47. The second-order valence-corrected chi connectivity index (χ2v) is 5.69. The van der Waals surface area contributed by atoms with Gasteiger partial charge >= 0.3 is 0 Å². The smallest absolute Gasteiger partial charge is 0.252 e. The van der Waals surface area contributed by atoms with Crippen molar-refractivity contribution >= 4 is 34.6 Å². The molecule has 0 aliphatic carbocycles. The van der Waals surface area contributed by atoms with Gasteiger partial charge in [-0.3, -0.25) is 9.79 Å². The summed E-state index contributed by atoms with van der Waals surface area (Å²) in [6.07, 6.45) is 0. The lowest BCUT2D eigenvalue weighted by atomic mass is 10.0. The standard InChI is InChI=1S/C15H20ClN5O/c1-21(2)11-6-9(5-10(16)7-11)14(17)13(15(18)22)12-8-19-3-4-20-12/h5-7,19H,3-4,8,17H2,1-2H3,(H2,18,22). The highest BCUT2D eigenvalue weighted by Gasteiger charge is 2.20. The molecule has 1 aromatic carbocycles. The second kappa shape index (κ2) is 6.81. The van der Waals surface area contributed by atoms with E-state index in [0.717, 1.165) is 12.2 Å². The lowest BCUT2D eigenvalue weighted by Crippen LogP contribution is -2.36. The molecular formula is C15H20ClN5O. The average molecular weight is 322 g/mol. The maximum absolute atomic E-state index is 11.8. The Morgan fingerprint density at radius 3 is 2.59 bits per heavy atom. The molecule has 1 aromatic rings. The highest BCUT2D eigenvalue weighted by Crippen LogP contribution is 2.25. The van der Waals surface area contributed by atoms with Crippen LogP contribution in [0.5, 0.6) is 0 Å². The highest BCUT2D eigenvalue weighted by atomic mass is 35.5. The van der Waals surface area contributed by atoms with Crippen LogP contribution in [0.3, 0.4) is 0 Å². The molecule has 5 N–H and O–H groups in total. The van der Waals surface area contributed by atoms with Crippen LogP contribution >= 0.6 is 11.6 Å². The topological polar surface area (TPSA) is 96.7 Å². The summed E-state index contributed by atoms with van der Waals surface area (Å²) < 4.78 is 0. The van der Waals surface area contributed by atoms with Crippen molar-refractivity contribution in [2.75, 3.05) is 38.6 Å². The number of halogens is 1. The van der Waals surface area contributed by atoms with Crippen LogP contribution in [0.25, 0.3) is 5.70 Å². The first-order chi connectivity index (χ1) is 10.4. The third-order valence-electron chi connectivity index (χ3n) is 3.40. The number of nitrogens with one attached hydrogen (secondary N) is 1. The number of carbonyl (C=O) groups is 1. The van der Waals surface area contributed by atoms with Crippen molar-refractivity contribution in [3.8, 4) is 0 Å². The number of aliphatic imine (C=N–C) groups is 1. The molecular weight excluding hydrogens is 302 g/mol. The van der Waals surface area contributed by atoms with E-state index < -0.39 is 5.91 Å². The van der Waals surface area contributed by atoms with E-state index in [2.05, 4.69) is 10.3 Å². The van der Waals surface area contributed by atoms with Crippen molar-refractivity contribution in [3.05, 3.63) is 34.4 Å². The zero-order valence-corrected chi connectivity index (χ0v) is 13.4. The molecule has 0 aromatic heterocycles. The zero-order chi connectivity index (χ0) is 16.3. The van der Waals surface area contributed by atoms with Crippen molar-refractivity contribution in [2.24, 2.45) is 16.5 Å². The Labute approximate surface area is 134 Å². The molecule has 0 atom stereocenters. The van der Waals surface area contributed by atoms with Crippen LogP contribution in [0.15, 0.2) is 28.8 Å². The van der Waals surface area contributed by atoms with Crippen LogP contribution < -0.4 is 21.7 Å². The van der Waals surface area contributed by atoms with E-state index in [1.807, 2.05) is 31.1 Å². The Kier molecular flexibility index (Phi) is 5.05. The van der Waals surface area contributed by atoms with E-state index >= 15 is 0 Å². The number of hydrogen-bond donors (Lipinski definition) is 3. The summed E-state index contributed by atoms with van der Waals surface area (Å²) in [5.41, 5.74) is 14.4. The molecule has 6 nitrogen and oxygen atoms in total. The first-order valence-corrected chi connectivity index (χ1v) is 7.30. The van der Waals surface area contributed by atoms with Gasteiger partial charge in [0.15, 0.2) is 0 Å². The number of nitrogens with zero attached hydrogens (tertiary/aromatic N) is 2. The molecule has 118 valence electrons. The summed E-state index contributed by atoms with van der Waals surface area (Å²) in [6.45, 7) is 1.84. The van der Waals surface area contributed by atoms with Gasteiger partial charge in [-0.25, -0.2) is 0 Å². The van der Waals surface area contributed by atoms with Gasteiger partial charge in [-0.15, -0.1) is 0 Å². The highest BCUT2D eigenvalue weighted by molar-refractivity contribution is 6.31. The van der Waals surface area contributed by atoms with E-state index in [9.17, 15) is 4.79 Å². The molecule has 1 amide bonds. The third-order valence-corrected chi connectivity index (χ3v) is 3.62. The fourth-order valence-corrected chi connectivity index (χ4v) is 2.49. The van der Waals surface area contributed by atoms with Gasteiger partial charge in [0.05, 0.1) is 23.5 Å².